The zero-order chi connectivity index (χ0) is 20.6. The SMILES string of the molecule is CCc1ccccc1NC(=O)CN1CCC(C(=O)NCc2ccc(F)cc2)CC1. The molecular weight excluding hydrogens is 369 g/mol. The number of hydrogen-bond donors (Lipinski definition) is 2. The Kier molecular flexibility index (Phi) is 7.36. The standard InChI is InChI=1S/C23H28FN3O2/c1-2-18-5-3-4-6-21(18)26-22(28)16-27-13-11-19(12-14-27)23(29)25-15-17-7-9-20(24)10-8-17/h3-10,19H,2,11-16H2,1H3,(H,25,29)(H,26,28). The number of aryl methyl sites for hydroxylation is 1. The van der Waals surface area contributed by atoms with Gasteiger partial charge < -0.3 is 10.6 Å². The van der Waals surface area contributed by atoms with E-state index in [9.17, 15) is 14.0 Å². The fraction of sp³-hybridized carbons (Fsp3) is 0.391. The second kappa shape index (κ2) is 10.2. The number of rotatable bonds is 7. The van der Waals surface area contributed by atoms with Crippen LogP contribution in [-0.4, -0.2) is 36.3 Å². The van der Waals surface area contributed by atoms with E-state index in [4.69, 9.17) is 0 Å². The minimum Gasteiger partial charge on any atom is -0.352 e. The monoisotopic (exact) mass is 397 g/mol. The van der Waals surface area contributed by atoms with Gasteiger partial charge in [-0.1, -0.05) is 37.3 Å². The van der Waals surface area contributed by atoms with E-state index >= 15 is 0 Å². The molecule has 0 unspecified atom stereocenters. The molecule has 0 aliphatic carbocycles. The Morgan fingerprint density at radius 3 is 2.45 bits per heavy atom. The summed E-state index contributed by atoms with van der Waals surface area (Å²) in [5.74, 6) is -0.328. The second-order valence-electron chi connectivity index (χ2n) is 7.45. The molecule has 2 amide bonds. The predicted octanol–water partition coefficient (Wildman–Crippen LogP) is 3.36. The van der Waals surface area contributed by atoms with E-state index in [0.29, 0.717) is 13.1 Å². The van der Waals surface area contributed by atoms with E-state index in [2.05, 4.69) is 22.5 Å². The molecule has 0 saturated carbocycles. The summed E-state index contributed by atoms with van der Waals surface area (Å²) in [4.78, 5) is 26.9. The summed E-state index contributed by atoms with van der Waals surface area (Å²) in [5, 5.41) is 5.93. The molecule has 1 aliphatic heterocycles. The molecule has 1 fully saturated rings. The van der Waals surface area contributed by atoms with Gasteiger partial charge in [0.25, 0.3) is 0 Å². The lowest BCUT2D eigenvalue weighted by molar-refractivity contribution is -0.126. The second-order valence-corrected chi connectivity index (χ2v) is 7.45. The lowest BCUT2D eigenvalue weighted by atomic mass is 9.96. The molecule has 1 saturated heterocycles. The van der Waals surface area contributed by atoms with Crippen molar-refractivity contribution in [2.24, 2.45) is 5.92 Å². The molecule has 0 radical (unpaired) electrons. The van der Waals surface area contributed by atoms with Crippen molar-refractivity contribution >= 4 is 17.5 Å². The molecular formula is C23H28FN3O2. The molecule has 154 valence electrons. The molecule has 6 heteroatoms. The fourth-order valence-electron chi connectivity index (χ4n) is 3.63. The maximum Gasteiger partial charge on any atom is 0.238 e. The number of nitrogens with one attached hydrogen (secondary N) is 2. The third-order valence-electron chi connectivity index (χ3n) is 5.38. The number of hydrogen-bond acceptors (Lipinski definition) is 3. The van der Waals surface area contributed by atoms with Gasteiger partial charge in [-0.15, -0.1) is 0 Å². The molecule has 3 rings (SSSR count). The summed E-state index contributed by atoms with van der Waals surface area (Å²) in [6, 6.07) is 14.0. The lowest BCUT2D eigenvalue weighted by Gasteiger charge is -2.30. The highest BCUT2D eigenvalue weighted by molar-refractivity contribution is 5.93. The van der Waals surface area contributed by atoms with Crippen LogP contribution in [0.5, 0.6) is 0 Å². The smallest absolute Gasteiger partial charge is 0.238 e. The Bertz CT molecular complexity index is 830. The van der Waals surface area contributed by atoms with E-state index in [-0.39, 0.29) is 23.5 Å². The quantitative estimate of drug-likeness (QED) is 0.753. The van der Waals surface area contributed by atoms with E-state index in [1.54, 1.807) is 12.1 Å². The average molecular weight is 397 g/mol. The number of nitrogens with zero attached hydrogens (tertiary/aromatic N) is 1. The van der Waals surface area contributed by atoms with Crippen molar-refractivity contribution in [3.05, 3.63) is 65.5 Å². The van der Waals surface area contributed by atoms with Crippen molar-refractivity contribution in [3.8, 4) is 0 Å². The Morgan fingerprint density at radius 2 is 1.76 bits per heavy atom. The van der Waals surface area contributed by atoms with E-state index in [1.807, 2.05) is 24.3 Å². The van der Waals surface area contributed by atoms with E-state index in [0.717, 1.165) is 49.2 Å². The maximum absolute atomic E-state index is 12.9. The van der Waals surface area contributed by atoms with Gasteiger partial charge in [-0.25, -0.2) is 4.39 Å². The van der Waals surface area contributed by atoms with Crippen LogP contribution in [0, 0.1) is 11.7 Å². The van der Waals surface area contributed by atoms with E-state index in [1.165, 1.54) is 12.1 Å². The molecule has 29 heavy (non-hydrogen) atoms. The molecule has 5 nitrogen and oxygen atoms in total. The highest BCUT2D eigenvalue weighted by Crippen LogP contribution is 2.19. The Hall–Kier alpha value is -2.73. The van der Waals surface area contributed by atoms with Gasteiger partial charge in [-0.05, 0) is 61.7 Å². The molecule has 0 spiro atoms. The van der Waals surface area contributed by atoms with Crippen molar-refractivity contribution in [2.75, 3.05) is 25.0 Å². The van der Waals surface area contributed by atoms with Crippen LogP contribution in [0.25, 0.3) is 0 Å². The Morgan fingerprint density at radius 1 is 1.07 bits per heavy atom. The highest BCUT2D eigenvalue weighted by Gasteiger charge is 2.25. The first-order valence-corrected chi connectivity index (χ1v) is 10.2. The number of halogens is 1. The van der Waals surface area contributed by atoms with Gasteiger partial charge in [0.05, 0.1) is 6.54 Å². The van der Waals surface area contributed by atoms with Crippen LogP contribution in [0.3, 0.4) is 0 Å². The van der Waals surface area contributed by atoms with Gasteiger partial charge in [0.2, 0.25) is 11.8 Å². The van der Waals surface area contributed by atoms with Crippen molar-refractivity contribution in [2.45, 2.75) is 32.7 Å². The number of amides is 2. The first-order valence-electron chi connectivity index (χ1n) is 10.2. The molecule has 0 aromatic heterocycles. The highest BCUT2D eigenvalue weighted by atomic mass is 19.1. The normalized spacial score (nSPS) is 15.1. The first kappa shape index (κ1) is 21.0. The van der Waals surface area contributed by atoms with Crippen molar-refractivity contribution < 1.29 is 14.0 Å². The van der Waals surface area contributed by atoms with Crippen LogP contribution in [0.4, 0.5) is 10.1 Å². The summed E-state index contributed by atoms with van der Waals surface area (Å²) in [6.07, 6.45) is 2.33. The van der Waals surface area contributed by atoms with Gasteiger partial charge in [0.15, 0.2) is 0 Å². The number of piperidine rings is 1. The zero-order valence-electron chi connectivity index (χ0n) is 16.8. The molecule has 1 heterocycles. The largest absolute Gasteiger partial charge is 0.352 e. The summed E-state index contributed by atoms with van der Waals surface area (Å²) in [7, 11) is 0. The zero-order valence-corrected chi connectivity index (χ0v) is 16.8. The first-order chi connectivity index (χ1) is 14.0. The molecule has 2 N–H and O–H groups in total. The van der Waals surface area contributed by atoms with Crippen molar-refractivity contribution in [1.29, 1.82) is 0 Å². The minimum absolute atomic E-state index is 0.0230. The van der Waals surface area contributed by atoms with Gasteiger partial charge in [-0.2, -0.15) is 0 Å². The summed E-state index contributed by atoms with van der Waals surface area (Å²) in [6.45, 7) is 4.24. The summed E-state index contributed by atoms with van der Waals surface area (Å²) in [5.41, 5.74) is 2.87. The number of anilines is 1. The van der Waals surface area contributed by atoms with Crippen LogP contribution in [-0.2, 0) is 22.6 Å². The fourth-order valence-corrected chi connectivity index (χ4v) is 3.63. The van der Waals surface area contributed by atoms with Crippen LogP contribution in [0.15, 0.2) is 48.5 Å². The third kappa shape index (κ3) is 6.12. The Balaban J connectivity index is 1.41. The number of carbonyl (C=O) groups excluding carboxylic acids is 2. The summed E-state index contributed by atoms with van der Waals surface area (Å²) < 4.78 is 12.9. The molecule has 1 aliphatic rings. The van der Waals surface area contributed by atoms with E-state index < -0.39 is 0 Å². The third-order valence-corrected chi connectivity index (χ3v) is 5.38. The minimum atomic E-state index is -0.283. The van der Waals surface area contributed by atoms with Gasteiger partial charge >= 0.3 is 0 Å². The number of carbonyl (C=O) groups is 2. The molecule has 0 atom stereocenters. The predicted molar refractivity (Wildman–Crippen MR) is 112 cm³/mol. The van der Waals surface area contributed by atoms with Crippen molar-refractivity contribution in [3.63, 3.8) is 0 Å². The number of likely N-dealkylation sites (tertiary alicyclic amines) is 1. The molecule has 0 bridgehead atoms. The Labute approximate surface area is 171 Å². The van der Waals surface area contributed by atoms with Crippen LogP contribution in [0.1, 0.15) is 30.9 Å². The van der Waals surface area contributed by atoms with Gasteiger partial charge in [0.1, 0.15) is 5.82 Å². The van der Waals surface area contributed by atoms with Crippen molar-refractivity contribution in [1.82, 2.24) is 10.2 Å². The summed E-state index contributed by atoms with van der Waals surface area (Å²) >= 11 is 0. The molecule has 2 aromatic carbocycles. The van der Waals surface area contributed by atoms with Crippen LogP contribution >= 0.6 is 0 Å². The van der Waals surface area contributed by atoms with Gasteiger partial charge in [-0.3, -0.25) is 14.5 Å². The maximum atomic E-state index is 12.9. The topological polar surface area (TPSA) is 61.4 Å². The van der Waals surface area contributed by atoms with Crippen LogP contribution in [0.2, 0.25) is 0 Å². The molecule has 2 aromatic rings. The van der Waals surface area contributed by atoms with Gasteiger partial charge in [0, 0.05) is 18.2 Å². The lowest BCUT2D eigenvalue weighted by Crippen LogP contribution is -2.43. The average Bonchev–Trinajstić information content (AvgIpc) is 2.74. The number of para-hydroxylation sites is 1. The number of benzene rings is 2. The van der Waals surface area contributed by atoms with Crippen LogP contribution < -0.4 is 10.6 Å².